The van der Waals surface area contributed by atoms with Crippen LogP contribution in [-0.2, 0) is 6.42 Å². The van der Waals surface area contributed by atoms with Crippen LogP contribution >= 0.6 is 11.3 Å². The molecular weight excluding hydrogens is 196 g/mol. The van der Waals surface area contributed by atoms with Gasteiger partial charge in [-0.2, -0.15) is 0 Å². The molecule has 1 heterocycles. The predicted molar refractivity (Wildman–Crippen MR) is 55.1 cm³/mol. The molecule has 2 nitrogen and oxygen atoms in total. The molecule has 2 bridgehead atoms. The summed E-state index contributed by atoms with van der Waals surface area (Å²) in [5.41, 5.74) is 1.72. The van der Waals surface area contributed by atoms with Crippen molar-refractivity contribution in [3.8, 4) is 0 Å². The first-order valence-electron chi connectivity index (χ1n) is 5.09. The van der Waals surface area contributed by atoms with Crippen LogP contribution in [0.25, 0.3) is 0 Å². The van der Waals surface area contributed by atoms with E-state index in [4.69, 9.17) is 5.11 Å². The van der Waals surface area contributed by atoms with Gasteiger partial charge in [0.15, 0.2) is 0 Å². The first-order valence-corrected chi connectivity index (χ1v) is 5.97. The van der Waals surface area contributed by atoms with Crippen LogP contribution in [0.15, 0.2) is 5.38 Å². The Kier molecular flexibility index (Phi) is 1.71. The molecule has 1 saturated carbocycles. The van der Waals surface area contributed by atoms with E-state index in [0.717, 1.165) is 17.9 Å². The van der Waals surface area contributed by atoms with Gasteiger partial charge in [-0.3, -0.25) is 0 Å². The highest BCUT2D eigenvalue weighted by atomic mass is 32.1. The highest BCUT2D eigenvalue weighted by Crippen LogP contribution is 2.49. The molecule has 0 saturated heterocycles. The monoisotopic (exact) mass is 208 g/mol. The van der Waals surface area contributed by atoms with Gasteiger partial charge in [0.05, 0.1) is 5.56 Å². The van der Waals surface area contributed by atoms with E-state index in [1.807, 2.05) is 5.38 Å². The molecule has 1 N–H and O–H groups in total. The van der Waals surface area contributed by atoms with Crippen molar-refractivity contribution >= 4 is 17.3 Å². The highest BCUT2D eigenvalue weighted by molar-refractivity contribution is 7.10. The lowest BCUT2D eigenvalue weighted by atomic mass is 9.87. The molecule has 3 rings (SSSR count). The summed E-state index contributed by atoms with van der Waals surface area (Å²) in [5.74, 6) is 0.700. The molecule has 3 heteroatoms. The predicted octanol–water partition coefficient (Wildman–Crippen LogP) is 2.89. The summed E-state index contributed by atoms with van der Waals surface area (Å²) in [5, 5.41) is 10.9. The first-order chi connectivity index (χ1) is 6.75. The van der Waals surface area contributed by atoms with E-state index in [-0.39, 0.29) is 0 Å². The average molecular weight is 208 g/mol. The van der Waals surface area contributed by atoms with Gasteiger partial charge in [0.1, 0.15) is 0 Å². The maximum absolute atomic E-state index is 11.0. The molecule has 14 heavy (non-hydrogen) atoms. The van der Waals surface area contributed by atoms with E-state index in [0.29, 0.717) is 11.5 Å². The summed E-state index contributed by atoms with van der Waals surface area (Å²) >= 11 is 1.66. The largest absolute Gasteiger partial charge is 0.478 e. The number of rotatable bonds is 1. The summed E-state index contributed by atoms with van der Waals surface area (Å²) in [6, 6.07) is 0. The number of fused-ring (bicyclic) bond motifs is 4. The minimum absolute atomic E-state index is 0.571. The molecule has 1 aromatic rings. The van der Waals surface area contributed by atoms with Crippen LogP contribution in [0.1, 0.15) is 46.0 Å². The van der Waals surface area contributed by atoms with Gasteiger partial charge in [-0.05, 0) is 43.1 Å². The quantitative estimate of drug-likeness (QED) is 0.770. The molecule has 0 aliphatic heterocycles. The van der Waals surface area contributed by atoms with Crippen molar-refractivity contribution in [1.29, 1.82) is 0 Å². The Morgan fingerprint density at radius 1 is 1.50 bits per heavy atom. The van der Waals surface area contributed by atoms with Crippen molar-refractivity contribution in [2.75, 3.05) is 0 Å². The van der Waals surface area contributed by atoms with E-state index in [1.54, 1.807) is 11.3 Å². The fraction of sp³-hybridized carbons (Fsp3) is 0.545. The third-order valence-corrected chi connectivity index (χ3v) is 4.75. The van der Waals surface area contributed by atoms with Gasteiger partial charge in [0.2, 0.25) is 0 Å². The van der Waals surface area contributed by atoms with Gasteiger partial charge in [-0.15, -0.1) is 11.3 Å². The standard InChI is InChI=1S/C11H12O2S/c12-11(13)9-5-14-10-7-2-1-6(3-7)4-8(9)10/h5-7H,1-4H2,(H,12,13)/t6-,7+/m1/s1. The molecule has 0 unspecified atom stereocenters. The van der Waals surface area contributed by atoms with E-state index in [2.05, 4.69) is 0 Å². The van der Waals surface area contributed by atoms with Crippen LogP contribution in [0, 0.1) is 5.92 Å². The minimum atomic E-state index is -0.746. The maximum Gasteiger partial charge on any atom is 0.336 e. The fourth-order valence-corrected chi connectivity index (χ4v) is 4.15. The number of hydrogen-bond donors (Lipinski definition) is 1. The highest BCUT2D eigenvalue weighted by Gasteiger charge is 2.36. The summed E-state index contributed by atoms with van der Waals surface area (Å²) in [6.07, 6.45) is 4.88. The molecular formula is C11H12O2S. The molecule has 2 aliphatic carbocycles. The normalized spacial score (nSPS) is 28.9. The molecule has 1 aromatic heterocycles. The lowest BCUT2D eigenvalue weighted by molar-refractivity contribution is 0.0696. The van der Waals surface area contributed by atoms with Crippen LogP contribution in [0.3, 0.4) is 0 Å². The lowest BCUT2D eigenvalue weighted by Crippen LogP contribution is -2.11. The van der Waals surface area contributed by atoms with Crippen LogP contribution in [0.4, 0.5) is 0 Å². The number of hydrogen-bond acceptors (Lipinski definition) is 2. The molecule has 0 aromatic carbocycles. The number of carboxylic acid groups (broad SMARTS) is 1. The van der Waals surface area contributed by atoms with Gasteiger partial charge in [0, 0.05) is 10.3 Å². The van der Waals surface area contributed by atoms with Gasteiger partial charge in [-0.1, -0.05) is 0 Å². The van der Waals surface area contributed by atoms with Crippen LogP contribution in [0.2, 0.25) is 0 Å². The molecule has 74 valence electrons. The zero-order valence-corrected chi connectivity index (χ0v) is 8.64. The Morgan fingerprint density at radius 2 is 2.36 bits per heavy atom. The summed E-state index contributed by atoms with van der Waals surface area (Å²) in [4.78, 5) is 12.3. The average Bonchev–Trinajstić information content (AvgIpc) is 2.71. The molecule has 0 radical (unpaired) electrons. The van der Waals surface area contributed by atoms with Gasteiger partial charge in [0.25, 0.3) is 0 Å². The number of carbonyl (C=O) groups is 1. The Labute approximate surface area is 86.6 Å². The third-order valence-electron chi connectivity index (χ3n) is 3.56. The van der Waals surface area contributed by atoms with Crippen molar-refractivity contribution in [1.82, 2.24) is 0 Å². The Morgan fingerprint density at radius 3 is 3.14 bits per heavy atom. The van der Waals surface area contributed by atoms with E-state index < -0.39 is 5.97 Å². The topological polar surface area (TPSA) is 37.3 Å². The van der Waals surface area contributed by atoms with E-state index in [9.17, 15) is 4.79 Å². The van der Waals surface area contributed by atoms with Gasteiger partial charge in [-0.25, -0.2) is 4.79 Å². The second kappa shape index (κ2) is 2.83. The number of carboxylic acids is 1. The number of thiophene rings is 1. The van der Waals surface area contributed by atoms with Crippen molar-refractivity contribution in [3.05, 3.63) is 21.4 Å². The molecule has 2 atom stereocenters. The van der Waals surface area contributed by atoms with Gasteiger partial charge >= 0.3 is 5.97 Å². The zero-order chi connectivity index (χ0) is 9.71. The molecule has 1 fully saturated rings. The van der Waals surface area contributed by atoms with Crippen molar-refractivity contribution in [2.45, 2.75) is 31.6 Å². The summed E-state index contributed by atoms with van der Waals surface area (Å²) in [7, 11) is 0. The van der Waals surface area contributed by atoms with Crippen molar-refractivity contribution in [3.63, 3.8) is 0 Å². The first kappa shape index (κ1) is 8.48. The molecule has 2 aliphatic rings. The summed E-state index contributed by atoms with van der Waals surface area (Å²) < 4.78 is 0. The zero-order valence-electron chi connectivity index (χ0n) is 7.82. The minimum Gasteiger partial charge on any atom is -0.478 e. The Bertz CT molecular complexity index is 394. The van der Waals surface area contributed by atoms with Crippen molar-refractivity contribution in [2.24, 2.45) is 5.92 Å². The Hall–Kier alpha value is -0.830. The number of aromatic carboxylic acids is 1. The molecule has 0 spiro atoms. The van der Waals surface area contributed by atoms with Gasteiger partial charge < -0.3 is 5.11 Å². The third kappa shape index (κ3) is 1.05. The maximum atomic E-state index is 11.0. The SMILES string of the molecule is O=C(O)c1csc2c1C[C@@H]1CC[C@H]2C1. The summed E-state index contributed by atoms with van der Waals surface area (Å²) in [6.45, 7) is 0. The van der Waals surface area contributed by atoms with E-state index >= 15 is 0 Å². The second-order valence-corrected chi connectivity index (χ2v) is 5.29. The van der Waals surface area contributed by atoms with Crippen LogP contribution in [0.5, 0.6) is 0 Å². The van der Waals surface area contributed by atoms with E-state index in [1.165, 1.54) is 24.1 Å². The lowest BCUT2D eigenvalue weighted by Gasteiger charge is -2.19. The smallest absolute Gasteiger partial charge is 0.336 e. The van der Waals surface area contributed by atoms with Crippen LogP contribution in [-0.4, -0.2) is 11.1 Å². The second-order valence-electron chi connectivity index (χ2n) is 4.38. The molecule has 0 amide bonds. The van der Waals surface area contributed by atoms with Crippen LogP contribution < -0.4 is 0 Å². The fourth-order valence-electron chi connectivity index (χ4n) is 2.92. The Balaban J connectivity index is 2.11. The van der Waals surface area contributed by atoms with Crippen molar-refractivity contribution < 1.29 is 9.90 Å².